The van der Waals surface area contributed by atoms with E-state index in [-0.39, 0.29) is 16.9 Å². The van der Waals surface area contributed by atoms with E-state index in [0.29, 0.717) is 26.4 Å². The Morgan fingerprint density at radius 2 is 2.08 bits per heavy atom. The Kier molecular flexibility index (Phi) is 4.34. The van der Waals surface area contributed by atoms with Crippen molar-refractivity contribution >= 4 is 45.5 Å². The molecule has 0 aliphatic heterocycles. The number of aromatic nitrogens is 3. The van der Waals surface area contributed by atoms with Gasteiger partial charge in [0.05, 0.1) is 16.6 Å². The number of anilines is 1. The molecule has 0 bridgehead atoms. The largest absolute Gasteiger partial charge is 0.332 e. The van der Waals surface area contributed by atoms with Gasteiger partial charge in [-0.1, -0.05) is 20.8 Å². The number of carbonyl (C=O) groups is 1. The zero-order valence-electron chi connectivity index (χ0n) is 14.3. The lowest BCUT2D eigenvalue weighted by molar-refractivity contribution is 0.102. The summed E-state index contributed by atoms with van der Waals surface area (Å²) in [5, 5.41) is 5.77. The standard InChI is InChI=1S/C17H18N4O2S2/c1-17(2,3)12-8-25-15(19-12)20-13(22)9-5-6-10-11(7-9)18-16(24)21(4)14(10)23/h5-8H,1-4H3,(H,18,24)(H,19,20,22). The molecule has 3 rings (SSSR count). The molecule has 0 fully saturated rings. The second-order valence-corrected chi connectivity index (χ2v) is 8.04. The summed E-state index contributed by atoms with van der Waals surface area (Å²) in [6, 6.07) is 4.87. The number of rotatable bonds is 2. The van der Waals surface area contributed by atoms with Gasteiger partial charge in [0.15, 0.2) is 9.90 Å². The second kappa shape index (κ2) is 6.20. The van der Waals surface area contributed by atoms with Crippen molar-refractivity contribution in [3.8, 4) is 0 Å². The maximum absolute atomic E-state index is 12.5. The predicted octanol–water partition coefficient (Wildman–Crippen LogP) is 3.60. The van der Waals surface area contributed by atoms with E-state index in [1.807, 2.05) is 5.38 Å². The van der Waals surface area contributed by atoms with Crippen molar-refractivity contribution < 1.29 is 4.79 Å². The lowest BCUT2D eigenvalue weighted by Gasteiger charge is -2.14. The average Bonchev–Trinajstić information content (AvgIpc) is 3.01. The third-order valence-electron chi connectivity index (χ3n) is 3.86. The number of hydrogen-bond acceptors (Lipinski definition) is 5. The van der Waals surface area contributed by atoms with Gasteiger partial charge >= 0.3 is 0 Å². The normalized spacial score (nSPS) is 11.7. The first-order valence-electron chi connectivity index (χ1n) is 7.67. The molecule has 0 aliphatic rings. The molecule has 2 N–H and O–H groups in total. The van der Waals surface area contributed by atoms with E-state index in [2.05, 4.69) is 36.1 Å². The van der Waals surface area contributed by atoms with Gasteiger partial charge in [-0.15, -0.1) is 11.3 Å². The first-order valence-corrected chi connectivity index (χ1v) is 8.96. The highest BCUT2D eigenvalue weighted by Gasteiger charge is 2.18. The van der Waals surface area contributed by atoms with Crippen LogP contribution in [0.2, 0.25) is 0 Å². The second-order valence-electron chi connectivity index (χ2n) is 6.80. The fraction of sp³-hybridized carbons (Fsp3) is 0.294. The van der Waals surface area contributed by atoms with Gasteiger partial charge in [-0.3, -0.25) is 19.5 Å². The molecule has 3 aromatic rings. The number of H-pyrrole nitrogens is 1. The summed E-state index contributed by atoms with van der Waals surface area (Å²) in [6.45, 7) is 6.21. The van der Waals surface area contributed by atoms with E-state index >= 15 is 0 Å². The number of hydrogen-bond donors (Lipinski definition) is 2. The molecule has 0 saturated heterocycles. The lowest BCUT2D eigenvalue weighted by Crippen LogP contribution is -2.19. The molecule has 0 radical (unpaired) electrons. The summed E-state index contributed by atoms with van der Waals surface area (Å²) >= 11 is 6.51. The zero-order chi connectivity index (χ0) is 18.4. The van der Waals surface area contributed by atoms with E-state index in [1.54, 1.807) is 25.2 Å². The molecule has 0 unspecified atom stereocenters. The number of benzene rings is 1. The van der Waals surface area contributed by atoms with Crippen LogP contribution in [0.3, 0.4) is 0 Å². The van der Waals surface area contributed by atoms with Crippen molar-refractivity contribution in [2.75, 3.05) is 5.32 Å². The van der Waals surface area contributed by atoms with E-state index < -0.39 is 0 Å². The van der Waals surface area contributed by atoms with Crippen LogP contribution < -0.4 is 10.9 Å². The van der Waals surface area contributed by atoms with Crippen LogP contribution in [-0.4, -0.2) is 20.4 Å². The first-order chi connectivity index (χ1) is 11.7. The first kappa shape index (κ1) is 17.5. The van der Waals surface area contributed by atoms with Crippen LogP contribution in [0.15, 0.2) is 28.4 Å². The predicted molar refractivity (Wildman–Crippen MR) is 103 cm³/mol. The van der Waals surface area contributed by atoms with Crippen LogP contribution in [0.25, 0.3) is 10.9 Å². The van der Waals surface area contributed by atoms with Crippen LogP contribution in [0, 0.1) is 4.77 Å². The number of amides is 1. The summed E-state index contributed by atoms with van der Waals surface area (Å²) in [4.78, 5) is 32.1. The summed E-state index contributed by atoms with van der Waals surface area (Å²) in [5.74, 6) is -0.281. The topological polar surface area (TPSA) is 79.8 Å². The Labute approximate surface area is 153 Å². The summed E-state index contributed by atoms with van der Waals surface area (Å²) in [5.41, 5.74) is 1.63. The van der Waals surface area contributed by atoms with Crippen molar-refractivity contribution in [3.63, 3.8) is 0 Å². The Morgan fingerprint density at radius 3 is 2.72 bits per heavy atom. The molecule has 0 aliphatic carbocycles. The van der Waals surface area contributed by atoms with Crippen molar-refractivity contribution in [3.05, 3.63) is 50.0 Å². The average molecular weight is 374 g/mol. The van der Waals surface area contributed by atoms with Gasteiger partial charge in [0.1, 0.15) is 0 Å². The highest BCUT2D eigenvalue weighted by Crippen LogP contribution is 2.26. The van der Waals surface area contributed by atoms with Gasteiger partial charge in [-0.25, -0.2) is 4.98 Å². The molecule has 1 aromatic carbocycles. The molecule has 6 nitrogen and oxygen atoms in total. The fourth-order valence-corrected chi connectivity index (χ4v) is 3.42. The van der Waals surface area contributed by atoms with Crippen LogP contribution in [0.5, 0.6) is 0 Å². The van der Waals surface area contributed by atoms with Crippen LogP contribution in [-0.2, 0) is 12.5 Å². The monoisotopic (exact) mass is 374 g/mol. The van der Waals surface area contributed by atoms with Gasteiger partial charge in [-0.05, 0) is 30.4 Å². The summed E-state index contributed by atoms with van der Waals surface area (Å²) < 4.78 is 1.67. The molecule has 1 amide bonds. The number of nitrogens with zero attached hydrogens (tertiary/aromatic N) is 2. The van der Waals surface area contributed by atoms with Crippen molar-refractivity contribution in [1.82, 2.24) is 14.5 Å². The molecular weight excluding hydrogens is 356 g/mol. The molecule has 2 aromatic heterocycles. The maximum Gasteiger partial charge on any atom is 0.261 e. The van der Waals surface area contributed by atoms with Gasteiger partial charge in [0.25, 0.3) is 11.5 Å². The number of nitrogens with one attached hydrogen (secondary N) is 2. The van der Waals surface area contributed by atoms with Gasteiger partial charge in [-0.2, -0.15) is 0 Å². The molecule has 25 heavy (non-hydrogen) atoms. The van der Waals surface area contributed by atoms with Gasteiger partial charge in [0.2, 0.25) is 0 Å². The zero-order valence-corrected chi connectivity index (χ0v) is 16.0. The number of aromatic amines is 1. The van der Waals surface area contributed by atoms with Crippen LogP contribution in [0.4, 0.5) is 5.13 Å². The van der Waals surface area contributed by atoms with Crippen molar-refractivity contribution in [2.24, 2.45) is 7.05 Å². The van der Waals surface area contributed by atoms with Gasteiger partial charge in [0, 0.05) is 23.4 Å². The highest BCUT2D eigenvalue weighted by atomic mass is 32.1. The molecule has 0 saturated carbocycles. The Balaban J connectivity index is 1.92. The summed E-state index contributed by atoms with van der Waals surface area (Å²) in [7, 11) is 1.61. The number of fused-ring (bicyclic) bond motifs is 1. The molecule has 8 heteroatoms. The SMILES string of the molecule is Cn1c(=S)[nH]c2cc(C(=O)Nc3nc(C(C)(C)C)cs3)ccc2c1=O. The van der Waals surface area contributed by atoms with Crippen molar-refractivity contribution in [2.45, 2.75) is 26.2 Å². The highest BCUT2D eigenvalue weighted by molar-refractivity contribution is 7.71. The minimum absolute atomic E-state index is 0.0721. The molecule has 0 atom stereocenters. The van der Waals surface area contributed by atoms with E-state index in [9.17, 15) is 9.59 Å². The Hall–Kier alpha value is -2.32. The quantitative estimate of drug-likeness (QED) is 0.672. The fourth-order valence-electron chi connectivity index (χ4n) is 2.29. The van der Waals surface area contributed by atoms with E-state index in [0.717, 1.165) is 5.69 Å². The summed E-state index contributed by atoms with van der Waals surface area (Å²) in [6.07, 6.45) is 0. The van der Waals surface area contributed by atoms with E-state index in [1.165, 1.54) is 15.9 Å². The molecule has 0 spiro atoms. The third kappa shape index (κ3) is 3.40. The molecule has 130 valence electrons. The Bertz CT molecular complexity index is 1090. The molecule has 2 heterocycles. The maximum atomic E-state index is 12.5. The number of carbonyl (C=O) groups excluding carboxylic acids is 1. The third-order valence-corrected chi connectivity index (χ3v) is 4.99. The minimum atomic E-state index is -0.281. The van der Waals surface area contributed by atoms with E-state index in [4.69, 9.17) is 12.2 Å². The van der Waals surface area contributed by atoms with Crippen LogP contribution in [0.1, 0.15) is 36.8 Å². The van der Waals surface area contributed by atoms with Crippen LogP contribution >= 0.6 is 23.6 Å². The van der Waals surface area contributed by atoms with Crippen molar-refractivity contribution in [1.29, 1.82) is 0 Å². The lowest BCUT2D eigenvalue weighted by atomic mass is 9.93. The number of thiazole rings is 1. The minimum Gasteiger partial charge on any atom is -0.332 e. The Morgan fingerprint density at radius 1 is 1.36 bits per heavy atom. The smallest absolute Gasteiger partial charge is 0.261 e. The molecular formula is C17H18N4O2S2. The van der Waals surface area contributed by atoms with Gasteiger partial charge < -0.3 is 4.98 Å².